The lowest BCUT2D eigenvalue weighted by atomic mass is 9.87. The Balaban J connectivity index is 1.67. The molecular formula is C13H26N2. The first-order valence-corrected chi connectivity index (χ1v) is 6.85. The highest BCUT2D eigenvalue weighted by atomic mass is 15.0. The Morgan fingerprint density at radius 2 is 1.53 bits per heavy atom. The van der Waals surface area contributed by atoms with E-state index in [0.717, 1.165) is 5.92 Å². The molecule has 0 saturated heterocycles. The van der Waals surface area contributed by atoms with Crippen molar-refractivity contribution in [3.05, 3.63) is 0 Å². The fourth-order valence-electron chi connectivity index (χ4n) is 3.12. The van der Waals surface area contributed by atoms with Crippen LogP contribution in [0.2, 0.25) is 0 Å². The van der Waals surface area contributed by atoms with Crippen LogP contribution in [0.15, 0.2) is 0 Å². The zero-order valence-electron chi connectivity index (χ0n) is 9.88. The summed E-state index contributed by atoms with van der Waals surface area (Å²) in [7, 11) is 0. The molecule has 0 radical (unpaired) electrons. The van der Waals surface area contributed by atoms with Gasteiger partial charge >= 0.3 is 0 Å². The zero-order valence-corrected chi connectivity index (χ0v) is 9.88. The summed E-state index contributed by atoms with van der Waals surface area (Å²) in [6.45, 7) is 1.22. The maximum atomic E-state index is 6.13. The van der Waals surface area contributed by atoms with Crippen LogP contribution in [-0.4, -0.2) is 18.6 Å². The van der Waals surface area contributed by atoms with Crippen molar-refractivity contribution >= 4 is 0 Å². The van der Waals surface area contributed by atoms with Gasteiger partial charge in [0.25, 0.3) is 0 Å². The maximum absolute atomic E-state index is 6.13. The van der Waals surface area contributed by atoms with Crippen LogP contribution < -0.4 is 11.1 Å². The first-order chi connectivity index (χ1) is 7.36. The first kappa shape index (κ1) is 11.4. The van der Waals surface area contributed by atoms with Gasteiger partial charge in [0.15, 0.2) is 0 Å². The van der Waals surface area contributed by atoms with Gasteiger partial charge in [0, 0.05) is 12.1 Å². The summed E-state index contributed by atoms with van der Waals surface area (Å²) in [6, 6.07) is 1.03. The van der Waals surface area contributed by atoms with Crippen molar-refractivity contribution in [3.63, 3.8) is 0 Å². The summed E-state index contributed by atoms with van der Waals surface area (Å²) in [5.74, 6) is 0.938. The van der Waals surface area contributed by atoms with Crippen molar-refractivity contribution in [1.82, 2.24) is 5.32 Å². The molecule has 2 aliphatic carbocycles. The van der Waals surface area contributed by atoms with Gasteiger partial charge in [0.2, 0.25) is 0 Å². The molecule has 0 aliphatic heterocycles. The molecule has 3 N–H and O–H groups in total. The molecule has 0 bridgehead atoms. The summed E-state index contributed by atoms with van der Waals surface area (Å²) in [5.41, 5.74) is 6.13. The Labute approximate surface area is 94.0 Å². The summed E-state index contributed by atoms with van der Waals surface area (Å²) in [6.07, 6.45) is 12.5. The van der Waals surface area contributed by atoms with E-state index in [1.807, 2.05) is 0 Å². The Hall–Kier alpha value is -0.0800. The van der Waals surface area contributed by atoms with Gasteiger partial charge in [-0.15, -0.1) is 0 Å². The van der Waals surface area contributed by atoms with Gasteiger partial charge in [0.1, 0.15) is 0 Å². The molecule has 2 unspecified atom stereocenters. The first-order valence-electron chi connectivity index (χ1n) is 6.85. The molecule has 2 aliphatic rings. The predicted octanol–water partition coefficient (Wildman–Crippen LogP) is 2.43. The Morgan fingerprint density at radius 3 is 2.27 bits per heavy atom. The summed E-state index contributed by atoms with van der Waals surface area (Å²) in [5, 5.41) is 3.72. The van der Waals surface area contributed by atoms with Crippen molar-refractivity contribution < 1.29 is 0 Å². The molecule has 2 rings (SSSR count). The Kier molecular flexibility index (Phi) is 4.45. The van der Waals surface area contributed by atoms with E-state index in [-0.39, 0.29) is 0 Å². The molecule has 0 heterocycles. The number of hydrogen-bond donors (Lipinski definition) is 2. The lowest BCUT2D eigenvalue weighted by Gasteiger charge is -2.32. The molecule has 0 aromatic heterocycles. The minimum atomic E-state index is 0.419. The third-order valence-corrected chi connectivity index (χ3v) is 4.21. The second-order valence-corrected chi connectivity index (χ2v) is 5.47. The van der Waals surface area contributed by atoms with Crippen molar-refractivity contribution in [2.75, 3.05) is 6.54 Å². The average molecular weight is 210 g/mol. The predicted molar refractivity (Wildman–Crippen MR) is 64.8 cm³/mol. The molecule has 2 saturated carbocycles. The quantitative estimate of drug-likeness (QED) is 0.751. The van der Waals surface area contributed by atoms with E-state index >= 15 is 0 Å². The lowest BCUT2D eigenvalue weighted by Crippen LogP contribution is -2.48. The molecule has 0 amide bonds. The molecule has 2 fully saturated rings. The largest absolute Gasteiger partial charge is 0.326 e. The molecule has 2 heteroatoms. The maximum Gasteiger partial charge on any atom is 0.0219 e. The molecule has 2 nitrogen and oxygen atoms in total. The highest BCUT2D eigenvalue weighted by Gasteiger charge is 2.22. The number of nitrogens with one attached hydrogen (secondary N) is 1. The third-order valence-electron chi connectivity index (χ3n) is 4.21. The van der Waals surface area contributed by atoms with E-state index in [0.29, 0.717) is 12.1 Å². The van der Waals surface area contributed by atoms with Gasteiger partial charge in [-0.25, -0.2) is 0 Å². The van der Waals surface area contributed by atoms with Gasteiger partial charge in [-0.3, -0.25) is 0 Å². The average Bonchev–Trinajstić information content (AvgIpc) is 2.29. The second-order valence-electron chi connectivity index (χ2n) is 5.47. The van der Waals surface area contributed by atoms with Crippen LogP contribution in [-0.2, 0) is 0 Å². The number of nitrogens with two attached hydrogens (primary N) is 1. The SMILES string of the molecule is NC1CCCCC1NCC1CCCCC1. The van der Waals surface area contributed by atoms with Gasteiger partial charge in [-0.2, -0.15) is 0 Å². The van der Waals surface area contributed by atoms with E-state index in [4.69, 9.17) is 5.73 Å². The molecule has 2 atom stereocenters. The smallest absolute Gasteiger partial charge is 0.0219 e. The van der Waals surface area contributed by atoms with Gasteiger partial charge in [0.05, 0.1) is 0 Å². The van der Waals surface area contributed by atoms with E-state index in [1.165, 1.54) is 64.3 Å². The monoisotopic (exact) mass is 210 g/mol. The number of hydrogen-bond acceptors (Lipinski definition) is 2. The molecule has 0 spiro atoms. The summed E-state index contributed by atoms with van der Waals surface area (Å²) < 4.78 is 0. The Bertz CT molecular complexity index is 175. The van der Waals surface area contributed by atoms with Crippen LogP contribution in [0.1, 0.15) is 57.8 Å². The van der Waals surface area contributed by atoms with Crippen LogP contribution in [0.5, 0.6) is 0 Å². The van der Waals surface area contributed by atoms with Crippen LogP contribution in [0.4, 0.5) is 0 Å². The number of rotatable bonds is 3. The molecule has 0 aromatic rings. The summed E-state index contributed by atoms with van der Waals surface area (Å²) >= 11 is 0. The second kappa shape index (κ2) is 5.86. The molecule has 0 aromatic carbocycles. The van der Waals surface area contributed by atoms with Crippen LogP contribution >= 0.6 is 0 Å². The van der Waals surface area contributed by atoms with E-state index in [2.05, 4.69) is 5.32 Å². The minimum Gasteiger partial charge on any atom is -0.326 e. The highest BCUT2D eigenvalue weighted by Crippen LogP contribution is 2.24. The normalized spacial score (nSPS) is 34.2. The molecule has 88 valence electrons. The fourth-order valence-corrected chi connectivity index (χ4v) is 3.12. The van der Waals surface area contributed by atoms with E-state index in [9.17, 15) is 0 Å². The lowest BCUT2D eigenvalue weighted by molar-refractivity contribution is 0.280. The molecular weight excluding hydrogens is 184 g/mol. The standard InChI is InChI=1S/C13H26N2/c14-12-8-4-5-9-13(12)15-10-11-6-2-1-3-7-11/h11-13,15H,1-10,14H2. The van der Waals surface area contributed by atoms with Crippen LogP contribution in [0.3, 0.4) is 0 Å². The van der Waals surface area contributed by atoms with Crippen LogP contribution in [0.25, 0.3) is 0 Å². The van der Waals surface area contributed by atoms with E-state index < -0.39 is 0 Å². The van der Waals surface area contributed by atoms with Crippen molar-refractivity contribution in [1.29, 1.82) is 0 Å². The van der Waals surface area contributed by atoms with Crippen LogP contribution in [0, 0.1) is 5.92 Å². The topological polar surface area (TPSA) is 38.0 Å². The van der Waals surface area contributed by atoms with Crippen molar-refractivity contribution in [2.24, 2.45) is 11.7 Å². The third kappa shape index (κ3) is 3.46. The van der Waals surface area contributed by atoms with Gasteiger partial charge in [-0.1, -0.05) is 32.1 Å². The Morgan fingerprint density at radius 1 is 0.867 bits per heavy atom. The van der Waals surface area contributed by atoms with Crippen molar-refractivity contribution in [2.45, 2.75) is 69.9 Å². The summed E-state index contributed by atoms with van der Waals surface area (Å²) in [4.78, 5) is 0. The molecule has 15 heavy (non-hydrogen) atoms. The van der Waals surface area contributed by atoms with E-state index in [1.54, 1.807) is 0 Å². The van der Waals surface area contributed by atoms with Gasteiger partial charge in [-0.05, 0) is 38.1 Å². The van der Waals surface area contributed by atoms with Gasteiger partial charge < -0.3 is 11.1 Å². The minimum absolute atomic E-state index is 0.419. The van der Waals surface area contributed by atoms with Crippen molar-refractivity contribution in [3.8, 4) is 0 Å². The highest BCUT2D eigenvalue weighted by molar-refractivity contribution is 4.84. The zero-order chi connectivity index (χ0) is 10.5. The fraction of sp³-hybridized carbons (Fsp3) is 1.00.